The quantitative estimate of drug-likeness (QED) is 0.833. The Balaban J connectivity index is 2.80. The van der Waals surface area contributed by atoms with Crippen LogP contribution in [0.3, 0.4) is 0 Å². The lowest BCUT2D eigenvalue weighted by Crippen LogP contribution is -2.27. The molecule has 22 heavy (non-hydrogen) atoms. The minimum atomic E-state index is -3.54. The highest BCUT2D eigenvalue weighted by molar-refractivity contribution is 7.86. The van der Waals surface area contributed by atoms with Crippen molar-refractivity contribution in [1.82, 2.24) is 4.98 Å². The molecule has 0 aromatic carbocycles. The van der Waals surface area contributed by atoms with Gasteiger partial charge in [-0.05, 0) is 39.3 Å². The van der Waals surface area contributed by atoms with Gasteiger partial charge in [0.2, 0.25) is 0 Å². The summed E-state index contributed by atoms with van der Waals surface area (Å²) in [4.78, 5) is 15.8. The average molecular weight is 330 g/mol. The van der Waals surface area contributed by atoms with E-state index in [0.29, 0.717) is 11.3 Å². The number of rotatable bonds is 5. The Morgan fingerprint density at radius 3 is 2.59 bits per heavy atom. The van der Waals surface area contributed by atoms with E-state index in [9.17, 15) is 13.2 Å². The van der Waals surface area contributed by atoms with Gasteiger partial charge >= 0.3 is 6.09 Å². The van der Waals surface area contributed by atoms with Gasteiger partial charge in [-0.15, -0.1) is 0 Å². The summed E-state index contributed by atoms with van der Waals surface area (Å²) in [6.07, 6.45) is 3.20. The summed E-state index contributed by atoms with van der Waals surface area (Å²) < 4.78 is 32.3. The van der Waals surface area contributed by atoms with Crippen LogP contribution in [0.15, 0.2) is 18.5 Å². The van der Waals surface area contributed by atoms with Gasteiger partial charge in [0.25, 0.3) is 10.1 Å². The first-order valence-corrected chi connectivity index (χ1v) is 8.59. The zero-order valence-electron chi connectivity index (χ0n) is 13.4. The summed E-state index contributed by atoms with van der Waals surface area (Å²) in [5, 5.41) is 2.63. The molecule has 0 radical (unpaired) electrons. The van der Waals surface area contributed by atoms with E-state index in [1.807, 2.05) is 0 Å². The number of nitrogens with one attached hydrogen (secondary N) is 1. The predicted octanol–water partition coefficient (Wildman–Crippen LogP) is 2.34. The average Bonchev–Trinajstić information content (AvgIpc) is 2.26. The molecule has 0 unspecified atom stereocenters. The van der Waals surface area contributed by atoms with Crippen molar-refractivity contribution in [3.05, 3.63) is 24.0 Å². The monoisotopic (exact) mass is 330 g/mol. The van der Waals surface area contributed by atoms with Gasteiger partial charge in [0.05, 0.1) is 18.0 Å². The molecular weight excluding hydrogens is 308 g/mol. The van der Waals surface area contributed by atoms with Gasteiger partial charge in [-0.1, -0.05) is 0 Å². The molecule has 124 valence electrons. The molecule has 0 bridgehead atoms. The van der Waals surface area contributed by atoms with Gasteiger partial charge in [0.15, 0.2) is 0 Å². The first-order valence-electron chi connectivity index (χ1n) is 6.77. The number of nitrogens with zero attached hydrogens (tertiary/aromatic N) is 1. The first-order chi connectivity index (χ1) is 9.96. The second kappa shape index (κ2) is 7.06. The third-order valence-corrected chi connectivity index (χ3v) is 3.06. The van der Waals surface area contributed by atoms with Crippen LogP contribution < -0.4 is 5.32 Å². The van der Waals surface area contributed by atoms with E-state index in [1.165, 1.54) is 6.20 Å². The van der Waals surface area contributed by atoms with Crippen LogP contribution in [0.25, 0.3) is 0 Å². The fourth-order valence-electron chi connectivity index (χ4n) is 1.77. The Labute approximate surface area is 131 Å². The number of ether oxygens (including phenoxy) is 1. The molecule has 1 N–H and O–H groups in total. The maximum Gasteiger partial charge on any atom is 0.412 e. The van der Waals surface area contributed by atoms with Crippen molar-refractivity contribution >= 4 is 21.9 Å². The summed E-state index contributed by atoms with van der Waals surface area (Å²) in [5.41, 5.74) is 0.557. The maximum absolute atomic E-state index is 11.8. The number of hydrogen-bond acceptors (Lipinski definition) is 6. The standard InChI is InChI=1S/C14H22N2O5S/c1-10(21-22(5,18)19)8-11-9-15-7-6-12(11)16-13(17)20-14(2,3)4/h6-7,9-10H,8H2,1-5H3,(H,15,16,17)/t10-/m1/s1. The van der Waals surface area contributed by atoms with Gasteiger partial charge < -0.3 is 4.74 Å². The highest BCUT2D eigenvalue weighted by atomic mass is 32.2. The van der Waals surface area contributed by atoms with Crippen LogP contribution >= 0.6 is 0 Å². The second-order valence-electron chi connectivity index (χ2n) is 5.97. The van der Waals surface area contributed by atoms with E-state index in [0.717, 1.165) is 6.26 Å². The predicted molar refractivity (Wildman–Crippen MR) is 83.2 cm³/mol. The normalized spacial score (nSPS) is 13.5. The topological polar surface area (TPSA) is 94.6 Å². The Morgan fingerprint density at radius 2 is 2.05 bits per heavy atom. The largest absolute Gasteiger partial charge is 0.444 e. The Morgan fingerprint density at radius 1 is 1.41 bits per heavy atom. The van der Waals surface area contributed by atoms with Gasteiger partial charge in [0.1, 0.15) is 5.60 Å². The number of aromatic nitrogens is 1. The third kappa shape index (κ3) is 7.37. The first kappa shape index (κ1) is 18.4. The van der Waals surface area contributed by atoms with Crippen LogP contribution in [0.2, 0.25) is 0 Å². The van der Waals surface area contributed by atoms with E-state index in [2.05, 4.69) is 10.3 Å². The lowest BCUT2D eigenvalue weighted by Gasteiger charge is -2.20. The Bertz CT molecular complexity index is 622. The number of anilines is 1. The molecule has 8 heteroatoms. The molecule has 0 saturated heterocycles. The molecule has 0 spiro atoms. The van der Waals surface area contributed by atoms with Crippen molar-refractivity contribution < 1.29 is 22.1 Å². The SMILES string of the molecule is C[C@H](Cc1cnccc1NC(=O)OC(C)(C)C)OS(C)(=O)=O. The van der Waals surface area contributed by atoms with Crippen LogP contribution in [-0.2, 0) is 25.5 Å². The summed E-state index contributed by atoms with van der Waals surface area (Å²) in [6, 6.07) is 1.62. The van der Waals surface area contributed by atoms with Gasteiger partial charge in [0, 0.05) is 18.8 Å². The molecule has 1 amide bonds. The fourth-order valence-corrected chi connectivity index (χ4v) is 2.43. The van der Waals surface area contributed by atoms with E-state index >= 15 is 0 Å². The molecule has 1 rings (SSSR count). The van der Waals surface area contributed by atoms with E-state index in [1.54, 1.807) is 40.0 Å². The van der Waals surface area contributed by atoms with Crippen LogP contribution in [0, 0.1) is 0 Å². The zero-order valence-corrected chi connectivity index (χ0v) is 14.2. The number of carbonyl (C=O) groups is 1. The molecular formula is C14H22N2O5S. The molecule has 0 fully saturated rings. The number of hydrogen-bond donors (Lipinski definition) is 1. The lowest BCUT2D eigenvalue weighted by molar-refractivity contribution is 0.0635. The zero-order chi connectivity index (χ0) is 17.0. The summed E-state index contributed by atoms with van der Waals surface area (Å²) in [6.45, 7) is 6.93. The smallest absolute Gasteiger partial charge is 0.412 e. The molecule has 7 nitrogen and oxygen atoms in total. The van der Waals surface area contributed by atoms with E-state index < -0.39 is 27.9 Å². The van der Waals surface area contributed by atoms with Gasteiger partial charge in [-0.3, -0.25) is 14.5 Å². The highest BCUT2D eigenvalue weighted by Crippen LogP contribution is 2.18. The van der Waals surface area contributed by atoms with Crippen molar-refractivity contribution in [3.63, 3.8) is 0 Å². The van der Waals surface area contributed by atoms with Crippen molar-refractivity contribution in [3.8, 4) is 0 Å². The minimum absolute atomic E-state index is 0.284. The minimum Gasteiger partial charge on any atom is -0.444 e. The second-order valence-corrected chi connectivity index (χ2v) is 7.58. The van der Waals surface area contributed by atoms with Crippen LogP contribution in [-0.4, -0.2) is 37.5 Å². The fraction of sp³-hybridized carbons (Fsp3) is 0.571. The summed E-state index contributed by atoms with van der Waals surface area (Å²) >= 11 is 0. The van der Waals surface area contributed by atoms with Crippen molar-refractivity contribution in [1.29, 1.82) is 0 Å². The molecule has 0 aliphatic rings. The van der Waals surface area contributed by atoms with Gasteiger partial charge in [-0.2, -0.15) is 8.42 Å². The maximum atomic E-state index is 11.8. The van der Waals surface area contributed by atoms with Crippen molar-refractivity contribution in [2.75, 3.05) is 11.6 Å². The van der Waals surface area contributed by atoms with Crippen LogP contribution in [0.1, 0.15) is 33.3 Å². The van der Waals surface area contributed by atoms with Gasteiger partial charge in [-0.25, -0.2) is 4.79 Å². The summed E-state index contributed by atoms with van der Waals surface area (Å²) in [5.74, 6) is 0. The molecule has 1 heterocycles. The molecule has 0 aliphatic carbocycles. The van der Waals surface area contributed by atoms with E-state index in [4.69, 9.17) is 8.92 Å². The Hall–Kier alpha value is -1.67. The van der Waals surface area contributed by atoms with Crippen molar-refractivity contribution in [2.45, 2.75) is 45.8 Å². The van der Waals surface area contributed by atoms with Crippen LogP contribution in [0.4, 0.5) is 10.5 Å². The number of amides is 1. The number of pyridine rings is 1. The molecule has 1 atom stereocenters. The molecule has 1 aromatic rings. The van der Waals surface area contributed by atoms with Crippen LogP contribution in [0.5, 0.6) is 0 Å². The lowest BCUT2D eigenvalue weighted by atomic mass is 10.1. The molecule has 1 aromatic heterocycles. The highest BCUT2D eigenvalue weighted by Gasteiger charge is 2.18. The molecule has 0 aliphatic heterocycles. The number of carbonyl (C=O) groups excluding carboxylic acids is 1. The Kier molecular flexibility index (Phi) is 5.90. The summed E-state index contributed by atoms with van der Waals surface area (Å²) in [7, 11) is -3.54. The van der Waals surface area contributed by atoms with Crippen molar-refractivity contribution in [2.24, 2.45) is 0 Å². The third-order valence-electron chi connectivity index (χ3n) is 2.39. The molecule has 0 saturated carbocycles. The van der Waals surface area contributed by atoms with E-state index in [-0.39, 0.29) is 6.42 Å².